The highest BCUT2D eigenvalue weighted by Crippen LogP contribution is 2.31. The predicted octanol–water partition coefficient (Wildman–Crippen LogP) is 0.0616. The fourth-order valence-corrected chi connectivity index (χ4v) is 2.61. The maximum Gasteiger partial charge on any atom is 0.326 e. The van der Waals surface area contributed by atoms with Crippen LogP contribution in [0.1, 0.15) is 26.2 Å². The van der Waals surface area contributed by atoms with Gasteiger partial charge >= 0.3 is 5.97 Å². The predicted molar refractivity (Wildman–Crippen MR) is 58.0 cm³/mol. The second-order valence-electron chi connectivity index (χ2n) is 4.98. The Kier molecular flexibility index (Phi) is 2.88. The van der Waals surface area contributed by atoms with Crippen molar-refractivity contribution in [3.63, 3.8) is 0 Å². The van der Waals surface area contributed by atoms with Gasteiger partial charge < -0.3 is 15.3 Å². The Balaban J connectivity index is 2.12. The first-order valence-electron chi connectivity index (χ1n) is 5.79. The molecule has 5 nitrogen and oxygen atoms in total. The van der Waals surface area contributed by atoms with Crippen molar-refractivity contribution >= 4 is 11.9 Å². The van der Waals surface area contributed by atoms with E-state index in [4.69, 9.17) is 5.11 Å². The van der Waals surface area contributed by atoms with Crippen LogP contribution in [-0.2, 0) is 9.59 Å². The standard InChI is InChI=1S/C11H18N2O3/c1-11(4-5-12-7-11)10(16)13-6-2-3-8(13)9(14)15/h8,12H,2-7H2,1H3,(H,14,15)/t8-,11?/m0/s1. The average molecular weight is 226 g/mol. The zero-order valence-electron chi connectivity index (χ0n) is 9.53. The summed E-state index contributed by atoms with van der Waals surface area (Å²) in [6.07, 6.45) is 2.19. The number of carboxylic acid groups (broad SMARTS) is 1. The Morgan fingerprint density at radius 2 is 2.25 bits per heavy atom. The van der Waals surface area contributed by atoms with E-state index in [-0.39, 0.29) is 5.91 Å². The summed E-state index contributed by atoms with van der Waals surface area (Å²) in [6.45, 7) is 4.01. The fraction of sp³-hybridized carbons (Fsp3) is 0.818. The molecule has 0 aromatic rings. The van der Waals surface area contributed by atoms with Gasteiger partial charge in [0.1, 0.15) is 6.04 Å². The first kappa shape index (κ1) is 11.4. The van der Waals surface area contributed by atoms with E-state index in [0.29, 0.717) is 19.5 Å². The summed E-state index contributed by atoms with van der Waals surface area (Å²) in [5, 5.41) is 12.2. The van der Waals surface area contributed by atoms with E-state index in [0.717, 1.165) is 19.4 Å². The molecule has 2 aliphatic rings. The number of nitrogens with zero attached hydrogens (tertiary/aromatic N) is 1. The molecule has 2 rings (SSSR count). The van der Waals surface area contributed by atoms with Gasteiger partial charge in [-0.3, -0.25) is 4.79 Å². The number of hydrogen-bond acceptors (Lipinski definition) is 3. The number of likely N-dealkylation sites (tertiary alicyclic amines) is 1. The number of amides is 1. The molecule has 1 unspecified atom stereocenters. The highest BCUT2D eigenvalue weighted by molar-refractivity contribution is 5.88. The zero-order chi connectivity index (χ0) is 11.8. The average Bonchev–Trinajstić information content (AvgIpc) is 2.85. The number of carboxylic acids is 1. The quantitative estimate of drug-likeness (QED) is 0.698. The molecule has 0 aliphatic carbocycles. The number of aliphatic carboxylic acids is 1. The van der Waals surface area contributed by atoms with Crippen LogP contribution in [0.2, 0.25) is 0 Å². The SMILES string of the molecule is CC1(C(=O)N2CCC[C@H]2C(=O)O)CCNC1. The summed E-state index contributed by atoms with van der Waals surface area (Å²) < 4.78 is 0. The van der Waals surface area contributed by atoms with Gasteiger partial charge in [-0.25, -0.2) is 4.79 Å². The lowest BCUT2D eigenvalue weighted by Crippen LogP contribution is -2.48. The Morgan fingerprint density at radius 3 is 2.81 bits per heavy atom. The molecule has 0 bridgehead atoms. The Labute approximate surface area is 94.8 Å². The largest absolute Gasteiger partial charge is 0.480 e. The van der Waals surface area contributed by atoms with Gasteiger partial charge in [-0.2, -0.15) is 0 Å². The first-order valence-corrected chi connectivity index (χ1v) is 5.79. The summed E-state index contributed by atoms with van der Waals surface area (Å²) in [4.78, 5) is 24.9. The molecular formula is C11H18N2O3. The van der Waals surface area contributed by atoms with Crippen molar-refractivity contribution in [3.8, 4) is 0 Å². The minimum Gasteiger partial charge on any atom is -0.480 e. The highest BCUT2D eigenvalue weighted by Gasteiger charge is 2.44. The molecule has 5 heteroatoms. The third-order valence-electron chi connectivity index (χ3n) is 3.68. The Morgan fingerprint density at radius 1 is 1.50 bits per heavy atom. The minimum atomic E-state index is -0.875. The lowest BCUT2D eigenvalue weighted by Gasteiger charge is -2.30. The van der Waals surface area contributed by atoms with Gasteiger partial charge in [0.2, 0.25) is 5.91 Å². The molecule has 1 amide bonds. The van der Waals surface area contributed by atoms with E-state index >= 15 is 0 Å². The lowest BCUT2D eigenvalue weighted by molar-refractivity contribution is -0.152. The zero-order valence-corrected chi connectivity index (χ0v) is 9.53. The van der Waals surface area contributed by atoms with Crippen molar-refractivity contribution in [2.24, 2.45) is 5.41 Å². The number of carbonyl (C=O) groups excluding carboxylic acids is 1. The Hall–Kier alpha value is -1.10. The first-order chi connectivity index (χ1) is 7.54. The molecule has 2 fully saturated rings. The van der Waals surface area contributed by atoms with Crippen LogP contribution >= 0.6 is 0 Å². The van der Waals surface area contributed by atoms with E-state index in [2.05, 4.69) is 5.32 Å². The number of rotatable bonds is 2. The normalized spacial score (nSPS) is 34.3. The third-order valence-corrected chi connectivity index (χ3v) is 3.68. The van der Waals surface area contributed by atoms with E-state index in [9.17, 15) is 9.59 Å². The molecule has 0 saturated carbocycles. The summed E-state index contributed by atoms with van der Waals surface area (Å²) in [5.41, 5.74) is -0.405. The molecular weight excluding hydrogens is 208 g/mol. The van der Waals surface area contributed by atoms with Gasteiger partial charge in [-0.05, 0) is 32.7 Å². The van der Waals surface area contributed by atoms with Gasteiger partial charge in [-0.15, -0.1) is 0 Å². The molecule has 2 atom stereocenters. The molecule has 90 valence electrons. The monoisotopic (exact) mass is 226 g/mol. The summed E-state index contributed by atoms with van der Waals surface area (Å²) >= 11 is 0. The molecule has 16 heavy (non-hydrogen) atoms. The summed E-state index contributed by atoms with van der Waals surface area (Å²) in [5.74, 6) is -0.872. The second-order valence-corrected chi connectivity index (χ2v) is 4.98. The molecule has 0 aromatic heterocycles. The van der Waals surface area contributed by atoms with Gasteiger partial charge in [0.25, 0.3) is 0 Å². The minimum absolute atomic E-state index is 0.00222. The van der Waals surface area contributed by atoms with Crippen LogP contribution in [0.25, 0.3) is 0 Å². The van der Waals surface area contributed by atoms with Crippen LogP contribution < -0.4 is 5.32 Å². The van der Waals surface area contributed by atoms with Gasteiger partial charge in [0, 0.05) is 13.1 Å². The van der Waals surface area contributed by atoms with E-state index in [1.807, 2.05) is 6.92 Å². The molecule has 0 aromatic carbocycles. The number of nitrogens with one attached hydrogen (secondary N) is 1. The van der Waals surface area contributed by atoms with Gasteiger partial charge in [0.15, 0.2) is 0 Å². The van der Waals surface area contributed by atoms with Gasteiger partial charge in [0.05, 0.1) is 5.41 Å². The van der Waals surface area contributed by atoms with E-state index < -0.39 is 17.4 Å². The van der Waals surface area contributed by atoms with Crippen molar-refractivity contribution in [1.29, 1.82) is 0 Å². The summed E-state index contributed by atoms with van der Waals surface area (Å²) in [6, 6.07) is -0.607. The topological polar surface area (TPSA) is 69.6 Å². The molecule has 2 saturated heterocycles. The fourth-order valence-electron chi connectivity index (χ4n) is 2.61. The maximum absolute atomic E-state index is 12.3. The van der Waals surface area contributed by atoms with E-state index in [1.54, 1.807) is 4.90 Å². The third kappa shape index (κ3) is 1.80. The van der Waals surface area contributed by atoms with Crippen molar-refractivity contribution in [1.82, 2.24) is 10.2 Å². The molecule has 2 N–H and O–H groups in total. The van der Waals surface area contributed by atoms with Crippen molar-refractivity contribution in [2.75, 3.05) is 19.6 Å². The molecule has 0 spiro atoms. The Bertz CT molecular complexity index is 310. The van der Waals surface area contributed by atoms with Crippen molar-refractivity contribution in [2.45, 2.75) is 32.2 Å². The van der Waals surface area contributed by atoms with Crippen LogP contribution in [0.4, 0.5) is 0 Å². The van der Waals surface area contributed by atoms with Gasteiger partial charge in [-0.1, -0.05) is 0 Å². The van der Waals surface area contributed by atoms with E-state index in [1.165, 1.54) is 0 Å². The van der Waals surface area contributed by atoms with Crippen LogP contribution in [0.5, 0.6) is 0 Å². The number of carbonyl (C=O) groups is 2. The van der Waals surface area contributed by atoms with Crippen molar-refractivity contribution < 1.29 is 14.7 Å². The van der Waals surface area contributed by atoms with Crippen LogP contribution in [0.15, 0.2) is 0 Å². The molecule has 2 heterocycles. The van der Waals surface area contributed by atoms with Crippen LogP contribution in [0, 0.1) is 5.41 Å². The molecule has 2 aliphatic heterocycles. The number of hydrogen-bond donors (Lipinski definition) is 2. The summed E-state index contributed by atoms with van der Waals surface area (Å²) in [7, 11) is 0. The van der Waals surface area contributed by atoms with Crippen molar-refractivity contribution in [3.05, 3.63) is 0 Å². The highest BCUT2D eigenvalue weighted by atomic mass is 16.4. The smallest absolute Gasteiger partial charge is 0.326 e. The van der Waals surface area contributed by atoms with Crippen LogP contribution in [-0.4, -0.2) is 47.6 Å². The lowest BCUT2D eigenvalue weighted by atomic mass is 9.88. The molecule has 0 radical (unpaired) electrons. The second kappa shape index (κ2) is 4.05. The van der Waals surface area contributed by atoms with Crippen LogP contribution in [0.3, 0.4) is 0 Å². The maximum atomic E-state index is 12.3.